The van der Waals surface area contributed by atoms with Crippen LogP contribution in [0.3, 0.4) is 0 Å². The van der Waals surface area contributed by atoms with E-state index in [-0.39, 0.29) is 23.5 Å². The first-order valence-corrected chi connectivity index (χ1v) is 7.35. The summed E-state index contributed by atoms with van der Waals surface area (Å²) in [5.74, 6) is -1.93. The van der Waals surface area contributed by atoms with Crippen molar-refractivity contribution in [3.8, 4) is 0 Å². The highest BCUT2D eigenvalue weighted by molar-refractivity contribution is 7.85. The van der Waals surface area contributed by atoms with Crippen molar-refractivity contribution >= 4 is 22.7 Å². The number of hydrogen-bond donors (Lipinski definition) is 2. The lowest BCUT2D eigenvalue weighted by molar-refractivity contribution is -0.140. The van der Waals surface area contributed by atoms with E-state index in [1.54, 1.807) is 0 Å². The molecule has 2 N–H and O–H groups in total. The average molecular weight is 261 g/mol. The van der Waals surface area contributed by atoms with Gasteiger partial charge in [-0.2, -0.15) is 0 Å². The summed E-state index contributed by atoms with van der Waals surface area (Å²) in [4.78, 5) is 22.1. The molecule has 1 rings (SSSR count). The molecule has 0 aromatic heterocycles. The van der Waals surface area contributed by atoms with E-state index in [1.807, 2.05) is 0 Å². The van der Waals surface area contributed by atoms with E-state index in [0.717, 1.165) is 25.7 Å². The molecular weight excluding hydrogens is 242 g/mol. The highest BCUT2D eigenvalue weighted by Gasteiger charge is 2.20. The van der Waals surface area contributed by atoms with Crippen LogP contribution in [0.1, 0.15) is 32.6 Å². The van der Waals surface area contributed by atoms with E-state index < -0.39 is 22.7 Å². The van der Waals surface area contributed by atoms with Crippen molar-refractivity contribution in [2.45, 2.75) is 38.6 Å². The van der Waals surface area contributed by atoms with Crippen molar-refractivity contribution in [2.75, 3.05) is 11.5 Å². The number of amides is 1. The molecule has 5 nitrogen and oxygen atoms in total. The molecule has 1 aliphatic carbocycles. The van der Waals surface area contributed by atoms with Gasteiger partial charge in [-0.1, -0.05) is 19.8 Å². The fourth-order valence-electron chi connectivity index (χ4n) is 1.89. The summed E-state index contributed by atoms with van der Waals surface area (Å²) in [6.45, 7) is 1.50. The van der Waals surface area contributed by atoms with E-state index in [2.05, 4.69) is 5.32 Å². The Morgan fingerprint density at radius 3 is 2.53 bits per heavy atom. The Morgan fingerprint density at radius 2 is 2.00 bits per heavy atom. The largest absolute Gasteiger partial charge is 0.481 e. The zero-order chi connectivity index (χ0) is 12.8. The van der Waals surface area contributed by atoms with E-state index in [0.29, 0.717) is 0 Å². The molecule has 2 atom stereocenters. The van der Waals surface area contributed by atoms with Gasteiger partial charge >= 0.3 is 5.97 Å². The minimum atomic E-state index is -1.39. The lowest BCUT2D eigenvalue weighted by Gasteiger charge is -2.12. The van der Waals surface area contributed by atoms with Gasteiger partial charge in [0.15, 0.2) is 0 Å². The Balaban J connectivity index is 2.25. The van der Waals surface area contributed by atoms with Gasteiger partial charge in [-0.25, -0.2) is 0 Å². The fourth-order valence-corrected chi connectivity index (χ4v) is 3.09. The van der Waals surface area contributed by atoms with E-state index in [4.69, 9.17) is 5.11 Å². The minimum Gasteiger partial charge on any atom is -0.481 e. The van der Waals surface area contributed by atoms with Gasteiger partial charge in [-0.15, -0.1) is 0 Å². The minimum absolute atomic E-state index is 0.0351. The molecule has 0 spiro atoms. The molecule has 6 heteroatoms. The molecule has 0 bridgehead atoms. The second-order valence-corrected chi connectivity index (χ2v) is 6.04. The number of hydrogen-bond acceptors (Lipinski definition) is 3. The quantitative estimate of drug-likeness (QED) is 0.730. The van der Waals surface area contributed by atoms with Crippen molar-refractivity contribution in [2.24, 2.45) is 5.92 Å². The molecule has 0 radical (unpaired) electrons. The Kier molecular flexibility index (Phi) is 5.61. The van der Waals surface area contributed by atoms with Crippen LogP contribution < -0.4 is 5.32 Å². The Bertz CT molecular complexity index is 313. The van der Waals surface area contributed by atoms with Gasteiger partial charge in [-0.05, 0) is 12.8 Å². The normalized spacial score (nSPS) is 19.8. The number of carboxylic acid groups (broad SMARTS) is 1. The molecule has 0 saturated heterocycles. The van der Waals surface area contributed by atoms with Crippen molar-refractivity contribution in [3.05, 3.63) is 0 Å². The molecule has 1 saturated carbocycles. The van der Waals surface area contributed by atoms with Gasteiger partial charge in [0.1, 0.15) is 5.75 Å². The molecule has 1 aliphatic rings. The zero-order valence-electron chi connectivity index (χ0n) is 9.98. The second-order valence-electron chi connectivity index (χ2n) is 4.54. The molecule has 2 unspecified atom stereocenters. The van der Waals surface area contributed by atoms with Crippen molar-refractivity contribution in [3.63, 3.8) is 0 Å². The summed E-state index contributed by atoms with van der Waals surface area (Å²) < 4.78 is 11.5. The van der Waals surface area contributed by atoms with Crippen LogP contribution in [0.2, 0.25) is 0 Å². The van der Waals surface area contributed by atoms with E-state index >= 15 is 0 Å². The van der Waals surface area contributed by atoms with Crippen LogP contribution in [0.25, 0.3) is 0 Å². The molecule has 17 heavy (non-hydrogen) atoms. The van der Waals surface area contributed by atoms with Gasteiger partial charge in [0.2, 0.25) is 5.91 Å². The predicted molar refractivity (Wildman–Crippen MR) is 65.1 cm³/mol. The van der Waals surface area contributed by atoms with Gasteiger partial charge in [0.05, 0.1) is 5.92 Å². The summed E-state index contributed by atoms with van der Waals surface area (Å²) in [6.07, 6.45) is 4.24. The maximum Gasteiger partial charge on any atom is 0.307 e. The summed E-state index contributed by atoms with van der Waals surface area (Å²) >= 11 is 0. The topological polar surface area (TPSA) is 83.5 Å². The van der Waals surface area contributed by atoms with Gasteiger partial charge in [0.25, 0.3) is 0 Å². The molecule has 0 aromatic carbocycles. The summed E-state index contributed by atoms with van der Waals surface area (Å²) in [7, 11) is -1.39. The third-order valence-electron chi connectivity index (χ3n) is 2.87. The van der Waals surface area contributed by atoms with Gasteiger partial charge in [0, 0.05) is 22.6 Å². The standard InChI is InChI=1S/C11H19NO4S/c1-8(11(14)15)6-17(16)7-10(13)12-9-4-2-3-5-9/h8-9H,2-7H2,1H3,(H,12,13)(H,14,15). The van der Waals surface area contributed by atoms with E-state index in [9.17, 15) is 13.8 Å². The lowest BCUT2D eigenvalue weighted by Crippen LogP contribution is -2.36. The maximum absolute atomic E-state index is 11.5. The molecular formula is C11H19NO4S. The number of carboxylic acids is 1. The SMILES string of the molecule is CC(CS(=O)CC(=O)NC1CCCC1)C(=O)O. The van der Waals surface area contributed by atoms with Crippen LogP contribution in [-0.2, 0) is 20.4 Å². The molecule has 1 fully saturated rings. The number of carbonyl (C=O) groups excluding carboxylic acids is 1. The van der Waals surface area contributed by atoms with Gasteiger partial charge in [-0.3, -0.25) is 13.8 Å². The number of nitrogens with one attached hydrogen (secondary N) is 1. The Hall–Kier alpha value is -0.910. The molecule has 0 aliphatic heterocycles. The van der Waals surface area contributed by atoms with Crippen LogP contribution in [0.15, 0.2) is 0 Å². The van der Waals surface area contributed by atoms with Crippen LogP contribution in [0.4, 0.5) is 0 Å². The Labute approximate surface area is 103 Å². The molecule has 98 valence electrons. The van der Waals surface area contributed by atoms with Crippen LogP contribution in [0, 0.1) is 5.92 Å². The van der Waals surface area contributed by atoms with Crippen LogP contribution in [0.5, 0.6) is 0 Å². The van der Waals surface area contributed by atoms with Crippen molar-refractivity contribution in [1.29, 1.82) is 0 Å². The third-order valence-corrected chi connectivity index (χ3v) is 4.33. The average Bonchev–Trinajstić information content (AvgIpc) is 2.69. The summed E-state index contributed by atoms with van der Waals surface area (Å²) in [5, 5.41) is 11.5. The first-order chi connectivity index (χ1) is 7.99. The molecule has 0 heterocycles. The maximum atomic E-state index is 11.5. The summed E-state index contributed by atoms with van der Waals surface area (Å²) in [6, 6.07) is 0.219. The lowest BCUT2D eigenvalue weighted by atomic mass is 10.2. The number of aliphatic carboxylic acids is 1. The van der Waals surface area contributed by atoms with Gasteiger partial charge < -0.3 is 10.4 Å². The molecule has 1 amide bonds. The Morgan fingerprint density at radius 1 is 1.41 bits per heavy atom. The van der Waals surface area contributed by atoms with Crippen molar-refractivity contribution in [1.82, 2.24) is 5.32 Å². The number of carbonyl (C=O) groups is 2. The van der Waals surface area contributed by atoms with Crippen LogP contribution >= 0.6 is 0 Å². The first kappa shape index (κ1) is 14.2. The van der Waals surface area contributed by atoms with Crippen molar-refractivity contribution < 1.29 is 18.9 Å². The predicted octanol–water partition coefficient (Wildman–Crippen LogP) is 0.515. The number of rotatable bonds is 6. The highest BCUT2D eigenvalue weighted by Crippen LogP contribution is 2.17. The molecule has 0 aromatic rings. The first-order valence-electron chi connectivity index (χ1n) is 5.86. The second kappa shape index (κ2) is 6.74. The smallest absolute Gasteiger partial charge is 0.307 e. The fraction of sp³-hybridized carbons (Fsp3) is 0.818. The van der Waals surface area contributed by atoms with E-state index in [1.165, 1.54) is 6.92 Å². The highest BCUT2D eigenvalue weighted by atomic mass is 32.2. The zero-order valence-corrected chi connectivity index (χ0v) is 10.8. The monoisotopic (exact) mass is 261 g/mol. The summed E-state index contributed by atoms with van der Waals surface area (Å²) in [5.41, 5.74) is 0. The van der Waals surface area contributed by atoms with Crippen LogP contribution in [-0.4, -0.2) is 38.7 Å². The third kappa shape index (κ3) is 5.30.